The molecule has 1 heterocycles. The number of fused-ring (bicyclic) bond motifs is 1. The molecule has 0 radical (unpaired) electrons. The number of hydrogen-bond acceptors (Lipinski definition) is 4. The summed E-state index contributed by atoms with van der Waals surface area (Å²) in [5.41, 5.74) is 2.73. The van der Waals surface area contributed by atoms with Gasteiger partial charge >= 0.3 is 5.97 Å². The number of hydrogen-bond donors (Lipinski definition) is 2. The van der Waals surface area contributed by atoms with Crippen molar-refractivity contribution in [2.24, 2.45) is 0 Å². The predicted octanol–water partition coefficient (Wildman–Crippen LogP) is 4.90. The van der Waals surface area contributed by atoms with E-state index in [0.717, 1.165) is 5.56 Å². The van der Waals surface area contributed by atoms with Crippen LogP contribution in [-0.4, -0.2) is 16.1 Å². The molecule has 5 nitrogen and oxygen atoms in total. The number of rotatable bonds is 5. The predicted molar refractivity (Wildman–Crippen MR) is 89.7 cm³/mol. The van der Waals surface area contributed by atoms with Crippen LogP contribution < -0.4 is 5.32 Å². The van der Waals surface area contributed by atoms with Crippen LogP contribution in [0.2, 0.25) is 10.0 Å². The number of aryl methyl sites for hydroxylation is 1. The number of halogens is 2. The Balaban J connectivity index is 1.85. The first-order chi connectivity index (χ1) is 11.0. The van der Waals surface area contributed by atoms with E-state index in [-0.39, 0.29) is 6.42 Å². The smallest absolute Gasteiger partial charge is 0.303 e. The van der Waals surface area contributed by atoms with Gasteiger partial charge in [-0.3, -0.25) is 4.79 Å². The summed E-state index contributed by atoms with van der Waals surface area (Å²) < 4.78 is 5.61. The van der Waals surface area contributed by atoms with Crippen LogP contribution in [0.25, 0.3) is 11.1 Å². The molecule has 0 saturated carbocycles. The highest BCUT2D eigenvalue weighted by Crippen LogP contribution is 2.32. The van der Waals surface area contributed by atoms with Gasteiger partial charge in [0.2, 0.25) is 0 Å². The van der Waals surface area contributed by atoms with Gasteiger partial charge < -0.3 is 14.8 Å². The number of aromatic nitrogens is 1. The van der Waals surface area contributed by atoms with Crippen LogP contribution in [0.1, 0.15) is 12.0 Å². The molecule has 0 aliphatic carbocycles. The Kier molecular flexibility index (Phi) is 4.41. The van der Waals surface area contributed by atoms with E-state index in [1.54, 1.807) is 24.3 Å². The van der Waals surface area contributed by atoms with Gasteiger partial charge in [-0.2, -0.15) is 4.98 Å². The molecule has 0 aliphatic heterocycles. The van der Waals surface area contributed by atoms with Crippen molar-refractivity contribution in [2.75, 3.05) is 5.32 Å². The van der Waals surface area contributed by atoms with Crippen molar-refractivity contribution in [1.82, 2.24) is 4.98 Å². The molecule has 0 unspecified atom stereocenters. The first-order valence-corrected chi connectivity index (χ1v) is 7.61. The van der Waals surface area contributed by atoms with Crippen molar-refractivity contribution in [2.45, 2.75) is 12.8 Å². The van der Waals surface area contributed by atoms with Gasteiger partial charge in [0.15, 0.2) is 5.58 Å². The molecule has 0 atom stereocenters. The van der Waals surface area contributed by atoms with Gasteiger partial charge in [0, 0.05) is 6.42 Å². The fraction of sp³-hybridized carbons (Fsp3) is 0.125. The average molecular weight is 351 g/mol. The highest BCUT2D eigenvalue weighted by Gasteiger charge is 2.10. The molecule has 0 amide bonds. The van der Waals surface area contributed by atoms with E-state index >= 15 is 0 Å². The molecule has 3 rings (SSSR count). The molecule has 118 valence electrons. The molecule has 23 heavy (non-hydrogen) atoms. The van der Waals surface area contributed by atoms with Crippen LogP contribution in [0.5, 0.6) is 0 Å². The standard InChI is InChI=1S/C16H12Cl2N2O3/c17-10-2-1-3-11(15(10)18)19-16-20-12-8-9(5-7-14(21)22)4-6-13(12)23-16/h1-4,6,8H,5,7H2,(H,19,20)(H,21,22). The second-order valence-electron chi connectivity index (χ2n) is 4.94. The van der Waals surface area contributed by atoms with E-state index in [4.69, 9.17) is 32.7 Å². The molecular weight excluding hydrogens is 339 g/mol. The Morgan fingerprint density at radius 3 is 2.87 bits per heavy atom. The molecule has 2 aromatic carbocycles. The van der Waals surface area contributed by atoms with Crippen molar-refractivity contribution in [3.8, 4) is 0 Å². The van der Waals surface area contributed by atoms with E-state index in [9.17, 15) is 4.79 Å². The van der Waals surface area contributed by atoms with Crippen LogP contribution in [0.15, 0.2) is 40.8 Å². The van der Waals surface area contributed by atoms with Gasteiger partial charge in [-0.15, -0.1) is 0 Å². The molecule has 0 aliphatic rings. The zero-order valence-corrected chi connectivity index (χ0v) is 13.4. The maximum atomic E-state index is 10.6. The average Bonchev–Trinajstić information content (AvgIpc) is 2.91. The maximum absolute atomic E-state index is 10.6. The fourth-order valence-electron chi connectivity index (χ4n) is 2.15. The van der Waals surface area contributed by atoms with Crippen molar-refractivity contribution < 1.29 is 14.3 Å². The Labute approximate surface area is 141 Å². The number of carboxylic acids is 1. The molecule has 0 saturated heterocycles. The third-order valence-corrected chi connectivity index (χ3v) is 4.09. The molecule has 0 spiro atoms. The number of carbonyl (C=O) groups is 1. The van der Waals surface area contributed by atoms with E-state index in [1.807, 2.05) is 12.1 Å². The Morgan fingerprint density at radius 2 is 2.09 bits per heavy atom. The van der Waals surface area contributed by atoms with Gasteiger partial charge in [-0.25, -0.2) is 0 Å². The lowest BCUT2D eigenvalue weighted by Crippen LogP contribution is -1.97. The van der Waals surface area contributed by atoms with E-state index in [2.05, 4.69) is 10.3 Å². The lowest BCUT2D eigenvalue weighted by molar-refractivity contribution is -0.136. The fourth-order valence-corrected chi connectivity index (χ4v) is 2.50. The summed E-state index contributed by atoms with van der Waals surface area (Å²) in [6.07, 6.45) is 0.521. The lowest BCUT2D eigenvalue weighted by atomic mass is 10.1. The first kappa shape index (κ1) is 15.6. The summed E-state index contributed by atoms with van der Waals surface area (Å²) in [4.78, 5) is 15.0. The summed E-state index contributed by atoms with van der Waals surface area (Å²) in [5.74, 6) is -0.830. The van der Waals surface area contributed by atoms with Gasteiger partial charge in [0.1, 0.15) is 5.52 Å². The molecule has 0 fully saturated rings. The van der Waals surface area contributed by atoms with Gasteiger partial charge in [0.25, 0.3) is 6.01 Å². The van der Waals surface area contributed by atoms with Crippen LogP contribution in [0.4, 0.5) is 11.7 Å². The molecular formula is C16H12Cl2N2O3. The minimum absolute atomic E-state index is 0.0760. The van der Waals surface area contributed by atoms with Crippen LogP contribution in [0.3, 0.4) is 0 Å². The second-order valence-corrected chi connectivity index (χ2v) is 5.73. The lowest BCUT2D eigenvalue weighted by Gasteiger charge is -2.04. The highest BCUT2D eigenvalue weighted by atomic mass is 35.5. The topological polar surface area (TPSA) is 75.4 Å². The largest absolute Gasteiger partial charge is 0.481 e. The molecule has 0 bridgehead atoms. The molecule has 1 aromatic heterocycles. The van der Waals surface area contributed by atoms with Gasteiger partial charge in [-0.1, -0.05) is 35.3 Å². The van der Waals surface area contributed by atoms with Gasteiger partial charge in [0.05, 0.1) is 15.7 Å². The molecule has 3 aromatic rings. The number of nitrogens with one attached hydrogen (secondary N) is 1. The van der Waals surface area contributed by atoms with Crippen molar-refractivity contribution in [3.63, 3.8) is 0 Å². The SMILES string of the molecule is O=C(O)CCc1ccc2oc(Nc3cccc(Cl)c3Cl)nc2c1. The number of nitrogens with zero attached hydrogens (tertiary/aromatic N) is 1. The number of aliphatic carboxylic acids is 1. The Bertz CT molecular complexity index is 877. The summed E-state index contributed by atoms with van der Waals surface area (Å²) >= 11 is 12.1. The number of oxazole rings is 1. The summed E-state index contributed by atoms with van der Waals surface area (Å²) in [7, 11) is 0. The summed E-state index contributed by atoms with van der Waals surface area (Å²) in [6.45, 7) is 0. The monoisotopic (exact) mass is 350 g/mol. The van der Waals surface area contributed by atoms with E-state index in [0.29, 0.717) is 39.3 Å². The van der Waals surface area contributed by atoms with Crippen molar-refractivity contribution >= 4 is 52.0 Å². The Hall–Kier alpha value is -2.24. The third kappa shape index (κ3) is 3.57. The van der Waals surface area contributed by atoms with Gasteiger partial charge in [-0.05, 0) is 36.2 Å². The second kappa shape index (κ2) is 6.48. The van der Waals surface area contributed by atoms with E-state index in [1.165, 1.54) is 0 Å². The molecule has 7 heteroatoms. The minimum atomic E-state index is -0.830. The van der Waals surface area contributed by atoms with Crippen molar-refractivity contribution in [3.05, 3.63) is 52.0 Å². The number of benzene rings is 2. The number of anilines is 2. The Morgan fingerprint density at radius 1 is 1.26 bits per heavy atom. The molecule has 2 N–H and O–H groups in total. The zero-order valence-electron chi connectivity index (χ0n) is 11.8. The maximum Gasteiger partial charge on any atom is 0.303 e. The summed E-state index contributed by atoms with van der Waals surface area (Å²) in [6, 6.07) is 10.9. The van der Waals surface area contributed by atoms with Crippen LogP contribution in [-0.2, 0) is 11.2 Å². The van der Waals surface area contributed by atoms with Crippen LogP contribution >= 0.6 is 23.2 Å². The summed E-state index contributed by atoms with van der Waals surface area (Å²) in [5, 5.41) is 12.5. The van der Waals surface area contributed by atoms with E-state index < -0.39 is 5.97 Å². The van der Waals surface area contributed by atoms with Crippen LogP contribution in [0, 0.1) is 0 Å². The first-order valence-electron chi connectivity index (χ1n) is 6.85. The number of carboxylic acid groups (broad SMARTS) is 1. The highest BCUT2D eigenvalue weighted by molar-refractivity contribution is 6.43. The zero-order chi connectivity index (χ0) is 16.4. The minimum Gasteiger partial charge on any atom is -0.481 e. The van der Waals surface area contributed by atoms with Crippen molar-refractivity contribution in [1.29, 1.82) is 0 Å². The normalized spacial score (nSPS) is 10.9. The third-order valence-electron chi connectivity index (χ3n) is 3.27. The quantitative estimate of drug-likeness (QED) is 0.684.